The maximum Gasteiger partial charge on any atom is 0.0128 e. The highest BCUT2D eigenvalue weighted by atomic mass is 15.4. The Balaban J connectivity index is 3.05. The third-order valence-electron chi connectivity index (χ3n) is 4.35. The lowest BCUT2D eigenvalue weighted by atomic mass is 10.1. The average Bonchev–Trinajstić information content (AvgIpc) is 2.48. The Bertz CT molecular complexity index is 182. The summed E-state index contributed by atoms with van der Waals surface area (Å²) in [5, 5.41) is 2.02. The average molecular weight is 299 g/mol. The first kappa shape index (κ1) is 20.9. The normalized spacial score (nSPS) is 11.4. The van der Waals surface area contributed by atoms with Crippen molar-refractivity contribution in [2.45, 2.75) is 110 Å². The monoisotopic (exact) mass is 298 g/mol. The Kier molecular flexibility index (Phi) is 17.9. The lowest BCUT2D eigenvalue weighted by Crippen LogP contribution is -2.32. The Morgan fingerprint density at radius 3 is 1.19 bits per heavy atom. The summed E-state index contributed by atoms with van der Waals surface area (Å²) < 4.78 is 0. The molecule has 0 aliphatic heterocycles. The first-order chi connectivity index (χ1) is 10.3. The highest BCUT2D eigenvalue weighted by Crippen LogP contribution is 2.12. The van der Waals surface area contributed by atoms with Gasteiger partial charge in [0.2, 0.25) is 0 Å². The highest BCUT2D eigenvalue weighted by molar-refractivity contribution is 4.52. The van der Waals surface area contributed by atoms with E-state index in [9.17, 15) is 0 Å². The van der Waals surface area contributed by atoms with Crippen LogP contribution in [0.5, 0.6) is 0 Å². The first-order valence-electron chi connectivity index (χ1n) is 9.80. The molecule has 0 saturated carbocycles. The summed E-state index contributed by atoms with van der Waals surface area (Å²) in [4.78, 5) is 0. The Hall–Kier alpha value is -0.0800. The smallest absolute Gasteiger partial charge is 0.0128 e. The molecule has 0 radical (unpaired) electrons. The topological polar surface area (TPSA) is 29.3 Å². The zero-order valence-electron chi connectivity index (χ0n) is 15.0. The van der Waals surface area contributed by atoms with Gasteiger partial charge in [0.25, 0.3) is 0 Å². The molecule has 0 spiro atoms. The predicted octanol–water partition coefficient (Wildman–Crippen LogP) is 6.05. The van der Waals surface area contributed by atoms with Crippen LogP contribution in [0.25, 0.3) is 0 Å². The van der Waals surface area contributed by atoms with Crippen LogP contribution in [0.2, 0.25) is 0 Å². The van der Waals surface area contributed by atoms with Gasteiger partial charge in [0.05, 0.1) is 0 Å². The van der Waals surface area contributed by atoms with E-state index in [0.29, 0.717) is 0 Å². The van der Waals surface area contributed by atoms with Crippen molar-refractivity contribution in [1.82, 2.24) is 5.01 Å². The van der Waals surface area contributed by atoms with Crippen LogP contribution in [0.3, 0.4) is 0 Å². The molecule has 0 saturated heterocycles. The van der Waals surface area contributed by atoms with E-state index in [2.05, 4.69) is 13.8 Å². The lowest BCUT2D eigenvalue weighted by Gasteiger charge is -2.15. The number of hydrogen-bond acceptors (Lipinski definition) is 2. The van der Waals surface area contributed by atoms with Gasteiger partial charge < -0.3 is 0 Å². The zero-order chi connectivity index (χ0) is 15.6. The van der Waals surface area contributed by atoms with Crippen LogP contribution in [-0.4, -0.2) is 18.1 Å². The molecular formula is C19H42N2. The summed E-state index contributed by atoms with van der Waals surface area (Å²) in [6.45, 7) is 6.69. The minimum absolute atomic E-state index is 1.08. The molecule has 0 aromatic carbocycles. The molecule has 0 fully saturated rings. The summed E-state index contributed by atoms with van der Waals surface area (Å²) >= 11 is 0. The summed E-state index contributed by atoms with van der Waals surface area (Å²) in [5.74, 6) is 5.98. The molecule has 2 N–H and O–H groups in total. The summed E-state index contributed by atoms with van der Waals surface area (Å²) in [6.07, 6.45) is 20.8. The molecule has 0 amide bonds. The fraction of sp³-hybridized carbons (Fsp3) is 1.00. The fourth-order valence-corrected chi connectivity index (χ4v) is 2.83. The first-order valence-corrected chi connectivity index (χ1v) is 9.80. The van der Waals surface area contributed by atoms with Crippen LogP contribution in [0.15, 0.2) is 0 Å². The molecule has 128 valence electrons. The molecule has 0 aromatic heterocycles. The van der Waals surface area contributed by atoms with Gasteiger partial charge in [-0.25, -0.2) is 5.01 Å². The molecule has 0 aliphatic carbocycles. The van der Waals surface area contributed by atoms with E-state index in [0.717, 1.165) is 13.1 Å². The SMILES string of the molecule is CCCCCCCCCCCCCCN(N)CCCCC. The van der Waals surface area contributed by atoms with Crippen LogP contribution in [0, 0.1) is 0 Å². The molecule has 21 heavy (non-hydrogen) atoms. The third-order valence-corrected chi connectivity index (χ3v) is 4.35. The second-order valence-corrected chi connectivity index (χ2v) is 6.63. The molecule has 0 aliphatic rings. The van der Waals surface area contributed by atoms with Crippen molar-refractivity contribution in [2.75, 3.05) is 13.1 Å². The molecular weight excluding hydrogens is 256 g/mol. The molecule has 2 nitrogen and oxygen atoms in total. The molecule has 0 aromatic rings. The molecule has 0 bridgehead atoms. The maximum atomic E-state index is 5.98. The van der Waals surface area contributed by atoms with Crippen molar-refractivity contribution < 1.29 is 0 Å². The molecule has 2 heteroatoms. The summed E-state index contributed by atoms with van der Waals surface area (Å²) in [7, 11) is 0. The van der Waals surface area contributed by atoms with Gasteiger partial charge in [0, 0.05) is 13.1 Å². The van der Waals surface area contributed by atoms with Crippen LogP contribution in [-0.2, 0) is 0 Å². The van der Waals surface area contributed by atoms with Crippen LogP contribution in [0.4, 0.5) is 0 Å². The second kappa shape index (κ2) is 18.0. The van der Waals surface area contributed by atoms with Gasteiger partial charge in [-0.2, -0.15) is 0 Å². The Morgan fingerprint density at radius 2 is 0.762 bits per heavy atom. The largest absolute Gasteiger partial charge is 0.269 e. The maximum absolute atomic E-state index is 5.98. The van der Waals surface area contributed by atoms with Crippen molar-refractivity contribution >= 4 is 0 Å². The second-order valence-electron chi connectivity index (χ2n) is 6.63. The summed E-state index contributed by atoms with van der Waals surface area (Å²) in [5.41, 5.74) is 0. The number of nitrogens with zero attached hydrogens (tertiary/aromatic N) is 1. The van der Waals surface area contributed by atoms with E-state index in [4.69, 9.17) is 5.84 Å². The number of rotatable bonds is 17. The minimum Gasteiger partial charge on any atom is -0.269 e. The molecule has 0 unspecified atom stereocenters. The lowest BCUT2D eigenvalue weighted by molar-refractivity contribution is 0.269. The predicted molar refractivity (Wildman–Crippen MR) is 96.4 cm³/mol. The molecule has 0 atom stereocenters. The molecule has 0 rings (SSSR count). The van der Waals surface area contributed by atoms with E-state index in [1.807, 2.05) is 5.01 Å². The van der Waals surface area contributed by atoms with E-state index < -0.39 is 0 Å². The number of hydrazine groups is 1. The van der Waals surface area contributed by atoms with E-state index >= 15 is 0 Å². The standard InChI is InChI=1S/C19H42N2/c1-3-5-7-8-9-10-11-12-13-14-15-17-19-21(20)18-16-6-4-2/h3-20H2,1-2H3. The van der Waals surface area contributed by atoms with Gasteiger partial charge in [-0.15, -0.1) is 0 Å². The van der Waals surface area contributed by atoms with E-state index in [-0.39, 0.29) is 0 Å². The Morgan fingerprint density at radius 1 is 0.476 bits per heavy atom. The quantitative estimate of drug-likeness (QED) is 0.201. The number of unbranched alkanes of at least 4 members (excludes halogenated alkanes) is 13. The van der Waals surface area contributed by atoms with Gasteiger partial charge >= 0.3 is 0 Å². The molecule has 0 heterocycles. The third kappa shape index (κ3) is 17.9. The van der Waals surface area contributed by atoms with Crippen molar-refractivity contribution in [3.63, 3.8) is 0 Å². The Labute approximate surface area is 134 Å². The van der Waals surface area contributed by atoms with Gasteiger partial charge in [-0.3, -0.25) is 5.84 Å². The van der Waals surface area contributed by atoms with E-state index in [1.165, 1.54) is 96.3 Å². The van der Waals surface area contributed by atoms with Gasteiger partial charge in [0.15, 0.2) is 0 Å². The van der Waals surface area contributed by atoms with Crippen molar-refractivity contribution in [2.24, 2.45) is 5.84 Å². The van der Waals surface area contributed by atoms with Crippen LogP contribution in [0.1, 0.15) is 110 Å². The number of hydrogen-bond donors (Lipinski definition) is 1. The zero-order valence-corrected chi connectivity index (χ0v) is 15.0. The van der Waals surface area contributed by atoms with Crippen LogP contribution < -0.4 is 5.84 Å². The van der Waals surface area contributed by atoms with Gasteiger partial charge in [-0.1, -0.05) is 97.3 Å². The van der Waals surface area contributed by atoms with Crippen molar-refractivity contribution in [3.8, 4) is 0 Å². The van der Waals surface area contributed by atoms with Crippen molar-refractivity contribution in [3.05, 3.63) is 0 Å². The van der Waals surface area contributed by atoms with Gasteiger partial charge in [-0.05, 0) is 12.8 Å². The number of nitrogens with two attached hydrogens (primary N) is 1. The van der Waals surface area contributed by atoms with Crippen molar-refractivity contribution in [1.29, 1.82) is 0 Å². The summed E-state index contributed by atoms with van der Waals surface area (Å²) in [6, 6.07) is 0. The van der Waals surface area contributed by atoms with Crippen LogP contribution >= 0.6 is 0 Å². The minimum atomic E-state index is 1.08. The highest BCUT2D eigenvalue weighted by Gasteiger charge is 1.98. The van der Waals surface area contributed by atoms with E-state index in [1.54, 1.807) is 0 Å². The van der Waals surface area contributed by atoms with Gasteiger partial charge in [0.1, 0.15) is 0 Å². The fourth-order valence-electron chi connectivity index (χ4n) is 2.83.